The third-order valence-electron chi connectivity index (χ3n) is 3.08. The fourth-order valence-corrected chi connectivity index (χ4v) is 1.94. The van der Waals surface area contributed by atoms with E-state index in [-0.39, 0.29) is 11.6 Å². The van der Waals surface area contributed by atoms with Gasteiger partial charge in [-0.25, -0.2) is 0 Å². The number of nitriles is 1. The van der Waals surface area contributed by atoms with Crippen molar-refractivity contribution in [1.82, 2.24) is 9.80 Å². The van der Waals surface area contributed by atoms with Gasteiger partial charge in [-0.1, -0.05) is 0 Å². The highest BCUT2D eigenvalue weighted by atomic mass is 16.5. The zero-order valence-electron chi connectivity index (χ0n) is 11.6. The molecule has 0 aromatic heterocycles. The van der Waals surface area contributed by atoms with Crippen LogP contribution < -0.4 is 0 Å². The van der Waals surface area contributed by atoms with Gasteiger partial charge in [0.05, 0.1) is 24.3 Å². The molecule has 1 fully saturated rings. The predicted octanol–water partition coefficient (Wildman–Crippen LogP) is 1.33. The molecule has 1 unspecified atom stereocenters. The van der Waals surface area contributed by atoms with Crippen molar-refractivity contribution in [2.45, 2.75) is 39.3 Å². The van der Waals surface area contributed by atoms with Crippen LogP contribution in [0.2, 0.25) is 0 Å². The van der Waals surface area contributed by atoms with Crippen LogP contribution in [0.1, 0.15) is 27.7 Å². The molecule has 1 aliphatic heterocycles. The standard InChI is InChI=1S/C13H25N3O/c1-12(11-14)16-7-5-15(6-8-16)9-10-17-13(2,3)4/h12H,5-10H2,1-4H3. The average molecular weight is 239 g/mol. The van der Waals surface area contributed by atoms with Gasteiger partial charge in [-0.3, -0.25) is 9.80 Å². The maximum Gasteiger partial charge on any atom is 0.0950 e. The van der Waals surface area contributed by atoms with E-state index in [1.165, 1.54) is 0 Å². The Morgan fingerprint density at radius 3 is 2.29 bits per heavy atom. The number of ether oxygens (including phenoxy) is 1. The number of nitrogens with zero attached hydrogens (tertiary/aromatic N) is 3. The van der Waals surface area contributed by atoms with Gasteiger partial charge in [0.1, 0.15) is 0 Å². The van der Waals surface area contributed by atoms with Crippen molar-refractivity contribution >= 4 is 0 Å². The molecule has 98 valence electrons. The second-order valence-electron chi connectivity index (χ2n) is 5.64. The first-order chi connectivity index (χ1) is 7.92. The predicted molar refractivity (Wildman–Crippen MR) is 68.8 cm³/mol. The molecule has 1 aliphatic rings. The normalized spacial score (nSPS) is 21.1. The summed E-state index contributed by atoms with van der Waals surface area (Å²) in [6.07, 6.45) is 0. The summed E-state index contributed by atoms with van der Waals surface area (Å²) in [7, 11) is 0. The van der Waals surface area contributed by atoms with Crippen molar-refractivity contribution in [3.63, 3.8) is 0 Å². The molecule has 17 heavy (non-hydrogen) atoms. The first-order valence-electron chi connectivity index (χ1n) is 6.42. The van der Waals surface area contributed by atoms with Gasteiger partial charge in [0.25, 0.3) is 0 Å². The Bertz CT molecular complexity index is 259. The van der Waals surface area contributed by atoms with Crippen LogP contribution in [0, 0.1) is 11.3 Å². The maximum absolute atomic E-state index is 8.86. The van der Waals surface area contributed by atoms with Gasteiger partial charge >= 0.3 is 0 Å². The summed E-state index contributed by atoms with van der Waals surface area (Å²) < 4.78 is 5.72. The van der Waals surface area contributed by atoms with Gasteiger partial charge in [-0.05, 0) is 27.7 Å². The van der Waals surface area contributed by atoms with E-state index >= 15 is 0 Å². The summed E-state index contributed by atoms with van der Waals surface area (Å²) in [5, 5.41) is 8.86. The Morgan fingerprint density at radius 1 is 1.24 bits per heavy atom. The summed E-state index contributed by atoms with van der Waals surface area (Å²) >= 11 is 0. The molecule has 4 nitrogen and oxygen atoms in total. The van der Waals surface area contributed by atoms with Crippen molar-refractivity contribution in [1.29, 1.82) is 5.26 Å². The highest BCUT2D eigenvalue weighted by Crippen LogP contribution is 2.08. The van der Waals surface area contributed by atoms with Gasteiger partial charge in [0.15, 0.2) is 0 Å². The van der Waals surface area contributed by atoms with Crippen LogP contribution >= 0.6 is 0 Å². The van der Waals surface area contributed by atoms with Crippen LogP contribution in [0.15, 0.2) is 0 Å². The highest BCUT2D eigenvalue weighted by Gasteiger charge is 2.20. The smallest absolute Gasteiger partial charge is 0.0950 e. The molecular formula is C13H25N3O. The summed E-state index contributed by atoms with van der Waals surface area (Å²) in [5.74, 6) is 0. The van der Waals surface area contributed by atoms with Gasteiger partial charge in [0, 0.05) is 32.7 Å². The number of piperazine rings is 1. The summed E-state index contributed by atoms with van der Waals surface area (Å²) in [6, 6.07) is 2.34. The fraction of sp³-hybridized carbons (Fsp3) is 0.923. The Hall–Kier alpha value is -0.630. The van der Waals surface area contributed by atoms with Crippen LogP contribution in [0.25, 0.3) is 0 Å². The van der Waals surface area contributed by atoms with Crippen molar-refractivity contribution in [3.8, 4) is 6.07 Å². The van der Waals surface area contributed by atoms with Crippen LogP contribution in [0.5, 0.6) is 0 Å². The molecule has 0 spiro atoms. The summed E-state index contributed by atoms with van der Waals surface area (Å²) in [5.41, 5.74) is -0.0445. The molecular weight excluding hydrogens is 214 g/mol. The molecule has 0 aliphatic carbocycles. The molecule has 0 aromatic carbocycles. The fourth-order valence-electron chi connectivity index (χ4n) is 1.94. The minimum Gasteiger partial charge on any atom is -0.375 e. The van der Waals surface area contributed by atoms with E-state index in [9.17, 15) is 0 Å². The maximum atomic E-state index is 8.86. The van der Waals surface area contributed by atoms with Crippen LogP contribution in [-0.4, -0.2) is 60.8 Å². The molecule has 1 atom stereocenters. The van der Waals surface area contributed by atoms with Crippen molar-refractivity contribution < 1.29 is 4.74 Å². The Morgan fingerprint density at radius 2 is 1.82 bits per heavy atom. The molecule has 0 bridgehead atoms. The monoisotopic (exact) mass is 239 g/mol. The number of hydrogen-bond donors (Lipinski definition) is 0. The SMILES string of the molecule is CC(C#N)N1CCN(CCOC(C)(C)C)CC1. The first-order valence-corrected chi connectivity index (χ1v) is 6.42. The van der Waals surface area contributed by atoms with Gasteiger partial charge < -0.3 is 4.74 Å². The van der Waals surface area contributed by atoms with Crippen molar-refractivity contribution in [2.24, 2.45) is 0 Å². The van der Waals surface area contributed by atoms with E-state index < -0.39 is 0 Å². The third kappa shape index (κ3) is 5.49. The third-order valence-corrected chi connectivity index (χ3v) is 3.08. The van der Waals surface area contributed by atoms with Crippen LogP contribution in [0.3, 0.4) is 0 Å². The molecule has 0 aromatic rings. The van der Waals surface area contributed by atoms with Crippen LogP contribution in [0.4, 0.5) is 0 Å². The minimum atomic E-state index is -0.0445. The molecule has 0 radical (unpaired) electrons. The molecule has 1 saturated heterocycles. The average Bonchev–Trinajstić information content (AvgIpc) is 2.27. The van der Waals surface area contributed by atoms with Crippen LogP contribution in [-0.2, 0) is 4.74 Å². The van der Waals surface area contributed by atoms with Gasteiger partial charge in [0.2, 0.25) is 0 Å². The van der Waals surface area contributed by atoms with Crippen molar-refractivity contribution in [3.05, 3.63) is 0 Å². The Labute approximate surface area is 105 Å². The Kier molecular flexibility index (Phi) is 5.38. The van der Waals surface area contributed by atoms with E-state index in [1.54, 1.807) is 0 Å². The largest absolute Gasteiger partial charge is 0.375 e. The lowest BCUT2D eigenvalue weighted by Gasteiger charge is -2.36. The summed E-state index contributed by atoms with van der Waals surface area (Å²) in [4.78, 5) is 4.65. The van der Waals surface area contributed by atoms with E-state index in [2.05, 4.69) is 36.6 Å². The molecule has 1 rings (SSSR count). The summed E-state index contributed by atoms with van der Waals surface area (Å²) in [6.45, 7) is 14.1. The molecule has 0 N–H and O–H groups in total. The number of rotatable bonds is 4. The quantitative estimate of drug-likeness (QED) is 0.742. The molecule has 1 heterocycles. The second-order valence-corrected chi connectivity index (χ2v) is 5.64. The lowest BCUT2D eigenvalue weighted by atomic mass is 10.2. The van der Waals surface area contributed by atoms with Crippen molar-refractivity contribution in [2.75, 3.05) is 39.3 Å². The van der Waals surface area contributed by atoms with E-state index in [0.29, 0.717) is 0 Å². The minimum absolute atomic E-state index is 0.0444. The second kappa shape index (κ2) is 6.34. The lowest BCUT2D eigenvalue weighted by molar-refractivity contribution is -0.0183. The van der Waals surface area contributed by atoms with E-state index in [1.807, 2.05) is 6.92 Å². The molecule has 0 amide bonds. The lowest BCUT2D eigenvalue weighted by Crippen LogP contribution is -2.50. The zero-order valence-corrected chi connectivity index (χ0v) is 11.6. The van der Waals surface area contributed by atoms with Gasteiger partial charge in [-0.2, -0.15) is 5.26 Å². The molecule has 4 heteroatoms. The highest BCUT2D eigenvalue weighted by molar-refractivity contribution is 4.90. The molecule has 0 saturated carbocycles. The number of hydrogen-bond acceptors (Lipinski definition) is 4. The first kappa shape index (κ1) is 14.4. The zero-order chi connectivity index (χ0) is 12.9. The van der Waals surface area contributed by atoms with E-state index in [4.69, 9.17) is 10.00 Å². The van der Waals surface area contributed by atoms with E-state index in [0.717, 1.165) is 39.3 Å². The van der Waals surface area contributed by atoms with Gasteiger partial charge in [-0.15, -0.1) is 0 Å². The topological polar surface area (TPSA) is 39.5 Å². The Balaban J connectivity index is 2.18.